The summed E-state index contributed by atoms with van der Waals surface area (Å²) in [5.41, 5.74) is -0.483. The predicted octanol–water partition coefficient (Wildman–Crippen LogP) is 1.54. The molecular weight excluding hydrogens is 192 g/mol. The number of aliphatic hydroxyl groups is 1. The van der Waals surface area contributed by atoms with Gasteiger partial charge < -0.3 is 9.84 Å². The Bertz CT molecular complexity index is 321. The molecule has 1 N–H and O–H groups in total. The van der Waals surface area contributed by atoms with Gasteiger partial charge in [-0.3, -0.25) is 0 Å². The lowest BCUT2D eigenvalue weighted by molar-refractivity contribution is -0.162. The molecule has 3 heteroatoms. The third kappa shape index (κ3) is 2.80. The zero-order chi connectivity index (χ0) is 11.3. The SMILES string of the molecule is CCC(O)(Cc1ccccc1)C(=O)OC. The van der Waals surface area contributed by atoms with E-state index in [9.17, 15) is 9.90 Å². The molecule has 1 atom stereocenters. The van der Waals surface area contributed by atoms with Crippen LogP contribution >= 0.6 is 0 Å². The Labute approximate surface area is 89.7 Å². The first-order chi connectivity index (χ1) is 7.12. The van der Waals surface area contributed by atoms with Crippen LogP contribution in [0.15, 0.2) is 30.3 Å². The number of benzene rings is 1. The van der Waals surface area contributed by atoms with Gasteiger partial charge in [-0.25, -0.2) is 4.79 Å². The van der Waals surface area contributed by atoms with E-state index in [4.69, 9.17) is 0 Å². The lowest BCUT2D eigenvalue weighted by Gasteiger charge is -2.23. The first-order valence-electron chi connectivity index (χ1n) is 4.97. The minimum Gasteiger partial charge on any atom is -0.467 e. The highest BCUT2D eigenvalue weighted by Gasteiger charge is 2.35. The number of esters is 1. The van der Waals surface area contributed by atoms with Crippen molar-refractivity contribution in [3.63, 3.8) is 0 Å². The summed E-state index contributed by atoms with van der Waals surface area (Å²) in [5, 5.41) is 10.1. The van der Waals surface area contributed by atoms with E-state index in [0.29, 0.717) is 6.42 Å². The molecule has 0 bridgehead atoms. The van der Waals surface area contributed by atoms with Gasteiger partial charge >= 0.3 is 5.97 Å². The number of ether oxygens (including phenoxy) is 1. The summed E-state index contributed by atoms with van der Waals surface area (Å²) >= 11 is 0. The molecule has 1 aromatic rings. The monoisotopic (exact) mass is 208 g/mol. The number of hydrogen-bond acceptors (Lipinski definition) is 3. The van der Waals surface area contributed by atoms with Crippen molar-refractivity contribution in [1.82, 2.24) is 0 Å². The Morgan fingerprint density at radius 3 is 2.47 bits per heavy atom. The summed E-state index contributed by atoms with van der Waals surface area (Å²) < 4.78 is 4.59. The Hall–Kier alpha value is -1.35. The minimum atomic E-state index is -1.41. The summed E-state index contributed by atoms with van der Waals surface area (Å²) in [4.78, 5) is 11.4. The predicted molar refractivity (Wildman–Crippen MR) is 57.4 cm³/mol. The highest BCUT2D eigenvalue weighted by atomic mass is 16.5. The summed E-state index contributed by atoms with van der Waals surface area (Å²) in [5.74, 6) is -0.575. The zero-order valence-electron chi connectivity index (χ0n) is 9.06. The zero-order valence-corrected chi connectivity index (χ0v) is 9.06. The average Bonchev–Trinajstić information content (AvgIpc) is 2.29. The molecule has 0 amide bonds. The maximum atomic E-state index is 11.4. The summed E-state index contributed by atoms with van der Waals surface area (Å²) in [6.45, 7) is 1.76. The second kappa shape index (κ2) is 4.94. The molecule has 1 aromatic carbocycles. The van der Waals surface area contributed by atoms with Gasteiger partial charge in [0.1, 0.15) is 0 Å². The number of methoxy groups -OCH3 is 1. The van der Waals surface area contributed by atoms with Gasteiger partial charge in [0.25, 0.3) is 0 Å². The molecule has 0 aliphatic rings. The van der Waals surface area contributed by atoms with Gasteiger partial charge in [0.15, 0.2) is 5.60 Å². The van der Waals surface area contributed by atoms with Gasteiger partial charge in [0, 0.05) is 6.42 Å². The van der Waals surface area contributed by atoms with Crippen LogP contribution in [0.3, 0.4) is 0 Å². The summed E-state index contributed by atoms with van der Waals surface area (Å²) in [6.07, 6.45) is 0.631. The van der Waals surface area contributed by atoms with E-state index >= 15 is 0 Å². The van der Waals surface area contributed by atoms with Crippen LogP contribution < -0.4 is 0 Å². The lowest BCUT2D eigenvalue weighted by Crippen LogP contribution is -2.41. The second-order valence-electron chi connectivity index (χ2n) is 3.54. The van der Waals surface area contributed by atoms with Crippen molar-refractivity contribution in [3.8, 4) is 0 Å². The third-order valence-electron chi connectivity index (χ3n) is 2.49. The topological polar surface area (TPSA) is 46.5 Å². The Morgan fingerprint density at radius 1 is 1.40 bits per heavy atom. The molecule has 3 nitrogen and oxygen atoms in total. The highest BCUT2D eigenvalue weighted by molar-refractivity contribution is 5.79. The Balaban J connectivity index is 2.81. The van der Waals surface area contributed by atoms with Gasteiger partial charge in [-0.15, -0.1) is 0 Å². The van der Waals surface area contributed by atoms with Crippen molar-refractivity contribution < 1.29 is 14.6 Å². The van der Waals surface area contributed by atoms with Crippen LogP contribution in [0, 0.1) is 0 Å². The van der Waals surface area contributed by atoms with Crippen molar-refractivity contribution in [2.45, 2.75) is 25.4 Å². The molecule has 0 saturated heterocycles. The van der Waals surface area contributed by atoms with Crippen molar-refractivity contribution in [2.75, 3.05) is 7.11 Å². The van der Waals surface area contributed by atoms with E-state index < -0.39 is 11.6 Å². The van der Waals surface area contributed by atoms with E-state index in [1.54, 1.807) is 6.92 Å². The van der Waals surface area contributed by atoms with Crippen molar-refractivity contribution in [2.24, 2.45) is 0 Å². The third-order valence-corrected chi connectivity index (χ3v) is 2.49. The molecule has 0 radical (unpaired) electrons. The molecule has 1 unspecified atom stereocenters. The minimum absolute atomic E-state index is 0.289. The molecule has 0 heterocycles. The molecule has 0 aromatic heterocycles. The number of hydrogen-bond donors (Lipinski definition) is 1. The summed E-state index contributed by atoms with van der Waals surface area (Å²) in [7, 11) is 1.29. The number of rotatable bonds is 4. The number of carbonyl (C=O) groups excluding carboxylic acids is 1. The van der Waals surface area contributed by atoms with Crippen molar-refractivity contribution >= 4 is 5.97 Å². The fraction of sp³-hybridized carbons (Fsp3) is 0.417. The van der Waals surface area contributed by atoms with E-state index in [-0.39, 0.29) is 6.42 Å². The van der Waals surface area contributed by atoms with Gasteiger partial charge in [-0.1, -0.05) is 37.3 Å². The normalized spacial score (nSPS) is 14.3. The van der Waals surface area contributed by atoms with E-state index in [1.165, 1.54) is 7.11 Å². The van der Waals surface area contributed by atoms with Crippen LogP contribution in [0.5, 0.6) is 0 Å². The maximum Gasteiger partial charge on any atom is 0.338 e. The van der Waals surface area contributed by atoms with Crippen LogP contribution in [0.2, 0.25) is 0 Å². The lowest BCUT2D eigenvalue weighted by atomic mass is 9.92. The molecular formula is C12H16O3. The second-order valence-corrected chi connectivity index (χ2v) is 3.54. The summed E-state index contributed by atoms with van der Waals surface area (Å²) in [6, 6.07) is 9.41. The van der Waals surface area contributed by atoms with Crippen LogP contribution in [0.25, 0.3) is 0 Å². The molecule has 15 heavy (non-hydrogen) atoms. The van der Waals surface area contributed by atoms with Crippen molar-refractivity contribution in [3.05, 3.63) is 35.9 Å². The molecule has 0 aliphatic carbocycles. The Morgan fingerprint density at radius 2 is 2.00 bits per heavy atom. The van der Waals surface area contributed by atoms with Gasteiger partial charge in [-0.05, 0) is 12.0 Å². The molecule has 0 spiro atoms. The fourth-order valence-corrected chi connectivity index (χ4v) is 1.47. The first-order valence-corrected chi connectivity index (χ1v) is 4.97. The van der Waals surface area contributed by atoms with E-state index in [1.807, 2.05) is 30.3 Å². The average molecular weight is 208 g/mol. The maximum absolute atomic E-state index is 11.4. The van der Waals surface area contributed by atoms with Gasteiger partial charge in [0.2, 0.25) is 0 Å². The highest BCUT2D eigenvalue weighted by Crippen LogP contribution is 2.18. The quantitative estimate of drug-likeness (QED) is 0.763. The van der Waals surface area contributed by atoms with Gasteiger partial charge in [0.05, 0.1) is 7.11 Å². The largest absolute Gasteiger partial charge is 0.467 e. The Kier molecular flexibility index (Phi) is 3.86. The van der Waals surface area contributed by atoms with Crippen LogP contribution in [0.1, 0.15) is 18.9 Å². The van der Waals surface area contributed by atoms with Gasteiger partial charge in [-0.2, -0.15) is 0 Å². The smallest absolute Gasteiger partial charge is 0.338 e. The molecule has 1 rings (SSSR count). The fourth-order valence-electron chi connectivity index (χ4n) is 1.47. The van der Waals surface area contributed by atoms with Crippen LogP contribution in [0.4, 0.5) is 0 Å². The van der Waals surface area contributed by atoms with E-state index in [0.717, 1.165) is 5.56 Å². The first kappa shape index (κ1) is 11.7. The van der Waals surface area contributed by atoms with Crippen LogP contribution in [-0.2, 0) is 16.0 Å². The molecule has 0 aliphatic heterocycles. The van der Waals surface area contributed by atoms with Crippen molar-refractivity contribution in [1.29, 1.82) is 0 Å². The molecule has 0 fully saturated rings. The number of carbonyl (C=O) groups is 1. The van der Waals surface area contributed by atoms with Crippen LogP contribution in [-0.4, -0.2) is 23.8 Å². The molecule has 82 valence electrons. The molecule has 0 saturated carbocycles. The van der Waals surface area contributed by atoms with E-state index in [2.05, 4.69) is 4.74 Å². The standard InChI is InChI=1S/C12H16O3/c1-3-12(14,11(13)15-2)9-10-7-5-4-6-8-10/h4-8,14H,3,9H2,1-2H3.